The first-order valence-electron chi connectivity index (χ1n) is 4.16. The summed E-state index contributed by atoms with van der Waals surface area (Å²) in [6.07, 6.45) is -4.37. The fraction of sp³-hybridized carbons (Fsp3) is 0.333. The van der Waals surface area contributed by atoms with Gasteiger partial charge >= 0.3 is 6.18 Å². The fourth-order valence-electron chi connectivity index (χ4n) is 1.12. The lowest BCUT2D eigenvalue weighted by molar-refractivity contribution is -0.137. The Hall–Kier alpha value is -1.68. The van der Waals surface area contributed by atoms with Gasteiger partial charge in [0.05, 0.1) is 11.6 Å². The van der Waals surface area contributed by atoms with Gasteiger partial charge in [0.25, 0.3) is 0 Å². The highest BCUT2D eigenvalue weighted by atomic mass is 19.4. The van der Waals surface area contributed by atoms with Crippen LogP contribution >= 0.6 is 0 Å². The van der Waals surface area contributed by atoms with Crippen molar-refractivity contribution in [2.75, 3.05) is 0 Å². The van der Waals surface area contributed by atoms with Crippen molar-refractivity contribution in [2.24, 2.45) is 5.11 Å². The van der Waals surface area contributed by atoms with Crippen LogP contribution in [0.25, 0.3) is 10.4 Å². The summed E-state index contributed by atoms with van der Waals surface area (Å²) in [5.41, 5.74) is 7.78. The summed E-state index contributed by atoms with van der Waals surface area (Å²) in [5.74, 6) is 0. The standard InChI is InChI=1S/C9H8F3N3/c1-6(14-15-13)7-3-2-4-8(5-7)9(10,11)12/h2-6H,1H3/t6-/m0/s1. The van der Waals surface area contributed by atoms with Gasteiger partial charge in [0.2, 0.25) is 0 Å². The van der Waals surface area contributed by atoms with E-state index in [2.05, 4.69) is 10.0 Å². The first-order chi connectivity index (χ1) is 6.95. The van der Waals surface area contributed by atoms with E-state index in [0.717, 1.165) is 12.1 Å². The quantitative estimate of drug-likeness (QED) is 0.405. The molecular formula is C9H8F3N3. The molecule has 0 spiro atoms. The van der Waals surface area contributed by atoms with Crippen molar-refractivity contribution in [2.45, 2.75) is 19.1 Å². The number of alkyl halides is 3. The Morgan fingerprint density at radius 2 is 2.07 bits per heavy atom. The second-order valence-corrected chi connectivity index (χ2v) is 3.00. The second kappa shape index (κ2) is 4.23. The van der Waals surface area contributed by atoms with Gasteiger partial charge in [0.1, 0.15) is 0 Å². The Kier molecular flexibility index (Phi) is 3.21. The van der Waals surface area contributed by atoms with E-state index in [0.29, 0.717) is 5.56 Å². The molecule has 15 heavy (non-hydrogen) atoms. The summed E-state index contributed by atoms with van der Waals surface area (Å²) in [5, 5.41) is 3.33. The lowest BCUT2D eigenvalue weighted by atomic mass is 10.1. The molecule has 0 aromatic heterocycles. The molecule has 0 N–H and O–H groups in total. The summed E-state index contributed by atoms with van der Waals surface area (Å²) in [4.78, 5) is 2.55. The van der Waals surface area contributed by atoms with Crippen molar-refractivity contribution in [3.63, 3.8) is 0 Å². The molecule has 0 amide bonds. The molecule has 0 saturated heterocycles. The predicted molar refractivity (Wildman–Crippen MR) is 49.0 cm³/mol. The van der Waals surface area contributed by atoms with Crippen LogP contribution in [0.2, 0.25) is 0 Å². The van der Waals surface area contributed by atoms with Crippen LogP contribution in [0, 0.1) is 0 Å². The minimum Gasteiger partial charge on any atom is -0.166 e. The molecule has 1 aromatic carbocycles. The van der Waals surface area contributed by atoms with Crippen LogP contribution in [0.15, 0.2) is 29.4 Å². The molecule has 1 atom stereocenters. The van der Waals surface area contributed by atoms with Crippen LogP contribution in [-0.2, 0) is 6.18 Å². The third kappa shape index (κ3) is 2.89. The van der Waals surface area contributed by atoms with Gasteiger partial charge in [-0.1, -0.05) is 30.2 Å². The molecule has 0 radical (unpaired) electrons. The van der Waals surface area contributed by atoms with E-state index in [1.54, 1.807) is 0 Å². The van der Waals surface area contributed by atoms with Crippen LogP contribution in [0.1, 0.15) is 24.1 Å². The molecule has 1 rings (SSSR count). The van der Waals surface area contributed by atoms with E-state index < -0.39 is 17.8 Å². The molecule has 3 nitrogen and oxygen atoms in total. The van der Waals surface area contributed by atoms with Gasteiger partial charge in [0.15, 0.2) is 0 Å². The van der Waals surface area contributed by atoms with Crippen molar-refractivity contribution < 1.29 is 13.2 Å². The van der Waals surface area contributed by atoms with E-state index in [1.807, 2.05) is 0 Å². The topological polar surface area (TPSA) is 48.8 Å². The first-order valence-corrected chi connectivity index (χ1v) is 4.16. The maximum Gasteiger partial charge on any atom is 0.416 e. The molecule has 0 saturated carbocycles. The number of hydrogen-bond acceptors (Lipinski definition) is 1. The smallest absolute Gasteiger partial charge is 0.166 e. The number of hydrogen-bond donors (Lipinski definition) is 0. The van der Waals surface area contributed by atoms with Crippen molar-refractivity contribution in [1.82, 2.24) is 0 Å². The van der Waals surface area contributed by atoms with Gasteiger partial charge in [-0.05, 0) is 17.2 Å². The number of rotatable bonds is 2. The molecule has 0 aliphatic carbocycles. The number of benzene rings is 1. The van der Waals surface area contributed by atoms with E-state index in [4.69, 9.17) is 5.53 Å². The Balaban J connectivity index is 3.08. The number of nitrogens with zero attached hydrogens (tertiary/aromatic N) is 3. The van der Waals surface area contributed by atoms with Gasteiger partial charge < -0.3 is 0 Å². The number of halogens is 3. The molecule has 0 aliphatic rings. The van der Waals surface area contributed by atoms with Gasteiger partial charge in [0, 0.05) is 4.91 Å². The largest absolute Gasteiger partial charge is 0.416 e. The third-order valence-electron chi connectivity index (χ3n) is 1.92. The van der Waals surface area contributed by atoms with Crippen molar-refractivity contribution in [1.29, 1.82) is 0 Å². The van der Waals surface area contributed by atoms with Gasteiger partial charge in [-0.15, -0.1) is 0 Å². The van der Waals surface area contributed by atoms with E-state index in [9.17, 15) is 13.2 Å². The highest BCUT2D eigenvalue weighted by Crippen LogP contribution is 2.31. The Bertz CT molecular complexity index is 394. The Morgan fingerprint density at radius 3 is 2.60 bits per heavy atom. The first kappa shape index (κ1) is 11.4. The maximum absolute atomic E-state index is 12.3. The van der Waals surface area contributed by atoms with E-state index in [1.165, 1.54) is 19.1 Å². The van der Waals surface area contributed by atoms with E-state index in [-0.39, 0.29) is 0 Å². The molecule has 1 aromatic rings. The molecule has 0 heterocycles. The Labute approximate surface area is 84.2 Å². The summed E-state index contributed by atoms with van der Waals surface area (Å²) in [7, 11) is 0. The van der Waals surface area contributed by atoms with Gasteiger partial charge in [-0.3, -0.25) is 0 Å². The lowest BCUT2D eigenvalue weighted by Gasteiger charge is -2.10. The summed E-state index contributed by atoms with van der Waals surface area (Å²) in [6.45, 7) is 1.54. The normalized spacial score (nSPS) is 13.1. The minimum atomic E-state index is -4.37. The second-order valence-electron chi connectivity index (χ2n) is 3.00. The molecule has 0 unspecified atom stereocenters. The fourth-order valence-corrected chi connectivity index (χ4v) is 1.12. The van der Waals surface area contributed by atoms with Crippen LogP contribution in [0.3, 0.4) is 0 Å². The van der Waals surface area contributed by atoms with Crippen LogP contribution in [-0.4, -0.2) is 0 Å². The molecule has 0 aliphatic heterocycles. The summed E-state index contributed by atoms with van der Waals surface area (Å²) >= 11 is 0. The highest BCUT2D eigenvalue weighted by molar-refractivity contribution is 5.27. The molecule has 6 heteroatoms. The lowest BCUT2D eigenvalue weighted by Crippen LogP contribution is -2.05. The molecule has 80 valence electrons. The maximum atomic E-state index is 12.3. The minimum absolute atomic E-state index is 0.350. The monoisotopic (exact) mass is 215 g/mol. The zero-order chi connectivity index (χ0) is 11.5. The average molecular weight is 215 g/mol. The third-order valence-corrected chi connectivity index (χ3v) is 1.92. The van der Waals surface area contributed by atoms with Crippen LogP contribution < -0.4 is 0 Å². The van der Waals surface area contributed by atoms with Crippen LogP contribution in [0.4, 0.5) is 13.2 Å². The zero-order valence-electron chi connectivity index (χ0n) is 7.86. The van der Waals surface area contributed by atoms with Crippen LogP contribution in [0.5, 0.6) is 0 Å². The van der Waals surface area contributed by atoms with E-state index >= 15 is 0 Å². The predicted octanol–water partition coefficient (Wildman–Crippen LogP) is 4.08. The SMILES string of the molecule is C[C@H](N=[N+]=[N-])c1cccc(C(F)(F)F)c1. The Morgan fingerprint density at radius 1 is 1.40 bits per heavy atom. The highest BCUT2D eigenvalue weighted by Gasteiger charge is 2.30. The average Bonchev–Trinajstić information content (AvgIpc) is 2.17. The van der Waals surface area contributed by atoms with Gasteiger partial charge in [-0.2, -0.15) is 13.2 Å². The van der Waals surface area contributed by atoms with Crippen molar-refractivity contribution in [3.8, 4) is 0 Å². The summed E-state index contributed by atoms with van der Waals surface area (Å²) < 4.78 is 36.9. The molecular weight excluding hydrogens is 207 g/mol. The van der Waals surface area contributed by atoms with Gasteiger partial charge in [-0.25, -0.2) is 0 Å². The zero-order valence-corrected chi connectivity index (χ0v) is 7.86. The summed E-state index contributed by atoms with van der Waals surface area (Å²) in [6, 6.07) is 4.15. The van der Waals surface area contributed by atoms with Crippen molar-refractivity contribution >= 4 is 0 Å². The number of azide groups is 1. The molecule has 0 bridgehead atoms. The molecule has 0 fully saturated rings. The van der Waals surface area contributed by atoms with Crippen molar-refractivity contribution in [3.05, 3.63) is 45.8 Å².